The van der Waals surface area contributed by atoms with E-state index in [9.17, 15) is 19.8 Å². The predicted octanol–water partition coefficient (Wildman–Crippen LogP) is 4.10. The van der Waals surface area contributed by atoms with Crippen LogP contribution in [0.1, 0.15) is 27.7 Å². The van der Waals surface area contributed by atoms with Gasteiger partial charge in [0.05, 0.1) is 24.4 Å². The molecule has 1 aliphatic rings. The van der Waals surface area contributed by atoms with Gasteiger partial charge in [-0.3, -0.25) is 14.5 Å². The van der Waals surface area contributed by atoms with E-state index in [1.165, 1.54) is 35.5 Å². The fourth-order valence-corrected chi connectivity index (χ4v) is 4.40. The van der Waals surface area contributed by atoms with Gasteiger partial charge in [-0.15, -0.1) is 11.3 Å². The summed E-state index contributed by atoms with van der Waals surface area (Å²) in [6.45, 7) is 3.72. The van der Waals surface area contributed by atoms with Gasteiger partial charge < -0.3 is 14.9 Å². The Labute approximate surface area is 182 Å². The number of hydrogen-bond donors (Lipinski definition) is 2. The molecule has 7 nitrogen and oxygen atoms in total. The molecular weight excluding hydrogens is 416 g/mol. The average molecular weight is 436 g/mol. The number of amides is 1. The highest BCUT2D eigenvalue weighted by Crippen LogP contribution is 2.44. The second kappa shape index (κ2) is 7.88. The third kappa shape index (κ3) is 3.55. The number of hydrogen-bond acceptors (Lipinski definition) is 7. The standard InChI is InChI=1S/C23H20N2O5S/c1-12-13(2)31-23(24-12)25-19(14-4-8-16(26)9-5-14)18(21(28)22(25)29)20(27)15-6-10-17(30-3)11-7-15/h4-11,19,26-27H,1-3H3/b20-18+. The Morgan fingerprint density at radius 2 is 1.71 bits per heavy atom. The van der Waals surface area contributed by atoms with Crippen LogP contribution in [0, 0.1) is 13.8 Å². The number of carbonyl (C=O) groups excluding carboxylic acids is 2. The number of methoxy groups -OCH3 is 1. The van der Waals surface area contributed by atoms with Crippen LogP contribution in [-0.2, 0) is 9.59 Å². The molecule has 31 heavy (non-hydrogen) atoms. The second-order valence-electron chi connectivity index (χ2n) is 7.13. The lowest BCUT2D eigenvalue weighted by molar-refractivity contribution is -0.132. The fourth-order valence-electron chi connectivity index (χ4n) is 3.47. The van der Waals surface area contributed by atoms with Crippen LogP contribution in [0.15, 0.2) is 54.1 Å². The largest absolute Gasteiger partial charge is 0.508 e. The van der Waals surface area contributed by atoms with Crippen molar-refractivity contribution in [2.75, 3.05) is 12.0 Å². The number of aryl methyl sites for hydroxylation is 2. The van der Waals surface area contributed by atoms with Crippen molar-refractivity contribution >= 4 is 33.9 Å². The lowest BCUT2D eigenvalue weighted by Crippen LogP contribution is -2.29. The first-order valence-corrected chi connectivity index (χ1v) is 10.3. The number of phenols is 1. The van der Waals surface area contributed by atoms with E-state index in [0.717, 1.165) is 10.6 Å². The number of aromatic hydroxyl groups is 1. The van der Waals surface area contributed by atoms with Gasteiger partial charge >= 0.3 is 5.91 Å². The minimum Gasteiger partial charge on any atom is -0.508 e. The number of aliphatic hydroxyl groups is 1. The van der Waals surface area contributed by atoms with Crippen LogP contribution in [0.5, 0.6) is 11.5 Å². The highest BCUT2D eigenvalue weighted by atomic mass is 32.1. The fraction of sp³-hybridized carbons (Fsp3) is 0.174. The van der Waals surface area contributed by atoms with Crippen LogP contribution in [0.3, 0.4) is 0 Å². The Bertz CT molecular complexity index is 1180. The summed E-state index contributed by atoms with van der Waals surface area (Å²) in [4.78, 5) is 32.8. The van der Waals surface area contributed by atoms with Gasteiger partial charge in [0.1, 0.15) is 17.3 Å². The number of phenolic OH excluding ortho intramolecular Hbond substituents is 1. The maximum absolute atomic E-state index is 13.1. The average Bonchev–Trinajstić information content (AvgIpc) is 3.23. The summed E-state index contributed by atoms with van der Waals surface area (Å²) >= 11 is 1.31. The summed E-state index contributed by atoms with van der Waals surface area (Å²) < 4.78 is 5.15. The quantitative estimate of drug-likeness (QED) is 0.363. The molecule has 1 fully saturated rings. The number of thiazole rings is 1. The van der Waals surface area contributed by atoms with Crippen LogP contribution in [-0.4, -0.2) is 34.0 Å². The number of nitrogens with zero attached hydrogens (tertiary/aromatic N) is 2. The van der Waals surface area contributed by atoms with E-state index < -0.39 is 17.7 Å². The van der Waals surface area contributed by atoms with Gasteiger partial charge in [-0.1, -0.05) is 12.1 Å². The van der Waals surface area contributed by atoms with E-state index in [2.05, 4.69) is 4.98 Å². The molecule has 3 aromatic rings. The van der Waals surface area contributed by atoms with Gasteiger partial charge in [-0.2, -0.15) is 0 Å². The van der Waals surface area contributed by atoms with Crippen molar-refractivity contribution in [3.8, 4) is 11.5 Å². The smallest absolute Gasteiger partial charge is 0.301 e. The minimum absolute atomic E-state index is 0.0358. The maximum Gasteiger partial charge on any atom is 0.301 e. The van der Waals surface area contributed by atoms with Crippen LogP contribution in [0.4, 0.5) is 5.13 Å². The van der Waals surface area contributed by atoms with Gasteiger partial charge in [0.25, 0.3) is 5.78 Å². The molecule has 0 radical (unpaired) electrons. The number of ketones is 1. The molecule has 2 N–H and O–H groups in total. The Kier molecular flexibility index (Phi) is 5.24. The third-order valence-electron chi connectivity index (χ3n) is 5.24. The van der Waals surface area contributed by atoms with Crippen molar-refractivity contribution in [3.05, 3.63) is 75.8 Å². The van der Waals surface area contributed by atoms with Gasteiger partial charge in [-0.25, -0.2) is 4.98 Å². The van der Waals surface area contributed by atoms with E-state index >= 15 is 0 Å². The molecule has 1 unspecified atom stereocenters. The SMILES string of the molecule is COc1ccc(/C(O)=C2\C(=O)C(=O)N(c3nc(C)c(C)s3)C2c2ccc(O)cc2)cc1. The van der Waals surface area contributed by atoms with Gasteiger partial charge in [0.2, 0.25) is 0 Å². The number of ether oxygens (including phenoxy) is 1. The number of carbonyl (C=O) groups is 2. The molecule has 1 aliphatic heterocycles. The molecule has 1 saturated heterocycles. The molecule has 0 spiro atoms. The van der Waals surface area contributed by atoms with Crippen molar-refractivity contribution in [2.24, 2.45) is 0 Å². The van der Waals surface area contributed by atoms with Gasteiger partial charge in [0.15, 0.2) is 5.13 Å². The predicted molar refractivity (Wildman–Crippen MR) is 117 cm³/mol. The molecule has 1 atom stereocenters. The first-order chi connectivity index (χ1) is 14.8. The first-order valence-electron chi connectivity index (χ1n) is 9.50. The Hall–Kier alpha value is -3.65. The van der Waals surface area contributed by atoms with E-state index in [4.69, 9.17) is 4.74 Å². The summed E-state index contributed by atoms with van der Waals surface area (Å²) in [5, 5.41) is 21.1. The minimum atomic E-state index is -0.882. The van der Waals surface area contributed by atoms with Gasteiger partial charge in [-0.05, 0) is 55.8 Å². The van der Waals surface area contributed by atoms with Crippen LogP contribution in [0.25, 0.3) is 5.76 Å². The molecule has 4 rings (SSSR count). The molecule has 0 aliphatic carbocycles. The maximum atomic E-state index is 13.1. The number of rotatable bonds is 4. The summed E-state index contributed by atoms with van der Waals surface area (Å²) in [5.41, 5.74) is 1.68. The molecule has 0 saturated carbocycles. The monoisotopic (exact) mass is 436 g/mol. The molecule has 1 aromatic heterocycles. The van der Waals surface area contributed by atoms with Crippen molar-refractivity contribution in [1.29, 1.82) is 0 Å². The van der Waals surface area contributed by atoms with E-state index in [-0.39, 0.29) is 17.1 Å². The molecule has 8 heteroatoms. The number of aliphatic hydroxyl groups excluding tert-OH is 1. The van der Waals surface area contributed by atoms with E-state index in [1.54, 1.807) is 36.4 Å². The number of aromatic nitrogens is 1. The van der Waals surface area contributed by atoms with Crippen molar-refractivity contribution in [1.82, 2.24) is 4.98 Å². The summed E-state index contributed by atoms with van der Waals surface area (Å²) in [5.74, 6) is -1.19. The Morgan fingerprint density at radius 3 is 2.26 bits per heavy atom. The van der Waals surface area contributed by atoms with Gasteiger partial charge in [0, 0.05) is 10.4 Å². The molecule has 0 bridgehead atoms. The Balaban J connectivity index is 1.92. The zero-order chi connectivity index (χ0) is 22.3. The number of anilines is 1. The van der Waals surface area contributed by atoms with Crippen LogP contribution >= 0.6 is 11.3 Å². The normalized spacial score (nSPS) is 17.9. The highest BCUT2D eigenvalue weighted by Gasteiger charge is 2.48. The summed E-state index contributed by atoms with van der Waals surface area (Å²) in [7, 11) is 1.53. The summed E-state index contributed by atoms with van der Waals surface area (Å²) in [6.07, 6.45) is 0. The zero-order valence-corrected chi connectivity index (χ0v) is 17.9. The van der Waals surface area contributed by atoms with Crippen molar-refractivity contribution in [2.45, 2.75) is 19.9 Å². The first kappa shape index (κ1) is 20.6. The van der Waals surface area contributed by atoms with E-state index in [0.29, 0.717) is 22.0 Å². The number of Topliss-reactive ketones (excluding diaryl/α,β-unsaturated/α-hetero) is 1. The third-order valence-corrected chi connectivity index (χ3v) is 6.31. The summed E-state index contributed by atoms with van der Waals surface area (Å²) in [6, 6.07) is 11.9. The second-order valence-corrected chi connectivity index (χ2v) is 8.31. The van der Waals surface area contributed by atoms with Crippen molar-refractivity contribution in [3.63, 3.8) is 0 Å². The van der Waals surface area contributed by atoms with E-state index in [1.807, 2.05) is 13.8 Å². The van der Waals surface area contributed by atoms with Crippen molar-refractivity contribution < 1.29 is 24.5 Å². The molecule has 2 heterocycles. The highest BCUT2D eigenvalue weighted by molar-refractivity contribution is 7.16. The lowest BCUT2D eigenvalue weighted by atomic mass is 9.95. The lowest BCUT2D eigenvalue weighted by Gasteiger charge is -2.23. The molecule has 158 valence electrons. The topological polar surface area (TPSA) is 100.0 Å². The molecule has 2 aromatic carbocycles. The zero-order valence-electron chi connectivity index (χ0n) is 17.1. The van der Waals surface area contributed by atoms with Crippen LogP contribution in [0.2, 0.25) is 0 Å². The Morgan fingerprint density at radius 1 is 1.06 bits per heavy atom. The molecule has 1 amide bonds. The number of benzene rings is 2. The van der Waals surface area contributed by atoms with Crippen LogP contribution < -0.4 is 9.64 Å². The molecular formula is C23H20N2O5S.